The van der Waals surface area contributed by atoms with Crippen LogP contribution in [0.4, 0.5) is 11.6 Å². The molecule has 1 aromatic heterocycles. The number of esters is 2. The summed E-state index contributed by atoms with van der Waals surface area (Å²) >= 11 is 0. The fourth-order valence-corrected chi connectivity index (χ4v) is 11.6. The number of benzene rings is 2. The van der Waals surface area contributed by atoms with E-state index in [1.807, 2.05) is 39.8 Å². The summed E-state index contributed by atoms with van der Waals surface area (Å²) in [5.41, 5.74) is 1.49. The maximum atomic E-state index is 15.3. The molecule has 3 aromatic rings. The Bertz CT molecular complexity index is 2470. The second kappa shape index (κ2) is 21.0. The van der Waals surface area contributed by atoms with Gasteiger partial charge in [-0.25, -0.2) is 19.6 Å². The maximum Gasteiger partial charge on any atom is 0.342 e. The lowest BCUT2D eigenvalue weighted by Gasteiger charge is -2.50. The van der Waals surface area contributed by atoms with Crippen molar-refractivity contribution in [2.24, 2.45) is 73.1 Å². The summed E-state index contributed by atoms with van der Waals surface area (Å²) in [6.45, 7) is 39.0. The number of ether oxygens (including phenoxy) is 2. The number of hydrogen-bond donors (Lipinski definition) is 3. The number of amidine groups is 2. The number of H-pyrrole nitrogens is 1. The number of carbonyl (C=O) groups is 4. The number of rotatable bonds is 10. The van der Waals surface area contributed by atoms with Crippen molar-refractivity contribution in [3.05, 3.63) is 94.1 Å². The lowest BCUT2D eigenvalue weighted by Crippen LogP contribution is -2.50. The second-order valence-corrected chi connectivity index (χ2v) is 26.1. The summed E-state index contributed by atoms with van der Waals surface area (Å²) in [7, 11) is 0. The highest BCUT2D eigenvalue weighted by Crippen LogP contribution is 2.52. The van der Waals surface area contributed by atoms with E-state index in [-0.39, 0.29) is 91.6 Å². The molecule has 2 fully saturated rings. The molecule has 1 aliphatic heterocycles. The van der Waals surface area contributed by atoms with E-state index in [2.05, 4.69) is 113 Å². The molecule has 0 saturated heterocycles. The Morgan fingerprint density at radius 1 is 0.592 bits per heavy atom. The van der Waals surface area contributed by atoms with Crippen molar-refractivity contribution in [2.45, 2.75) is 168 Å². The molecule has 0 spiro atoms. The van der Waals surface area contributed by atoms with E-state index >= 15 is 9.59 Å². The van der Waals surface area contributed by atoms with Crippen molar-refractivity contribution in [1.82, 2.24) is 10.3 Å². The molecule has 6 rings (SSSR count). The normalized spacial score (nSPS) is 25.1. The first-order valence-corrected chi connectivity index (χ1v) is 26.2. The predicted octanol–water partition coefficient (Wildman–Crippen LogP) is 14.2. The highest BCUT2D eigenvalue weighted by molar-refractivity contribution is 6.34. The van der Waals surface area contributed by atoms with Crippen LogP contribution >= 0.6 is 0 Å². The molecular weight excluding hydrogens is 887 g/mol. The lowest BCUT2D eigenvalue weighted by molar-refractivity contribution is -0.164. The van der Waals surface area contributed by atoms with Crippen molar-refractivity contribution in [3.8, 4) is 0 Å². The van der Waals surface area contributed by atoms with Gasteiger partial charge in [0.25, 0.3) is 11.8 Å². The summed E-state index contributed by atoms with van der Waals surface area (Å²) in [5, 5.41) is 6.01. The smallest absolute Gasteiger partial charge is 0.342 e. The number of aromatic amines is 1. The van der Waals surface area contributed by atoms with Gasteiger partial charge in [0.15, 0.2) is 5.84 Å². The molecule has 4 atom stereocenters. The quantitative estimate of drug-likeness (QED) is 0.172. The van der Waals surface area contributed by atoms with Gasteiger partial charge in [-0.05, 0) is 95.3 Å². The first-order valence-electron chi connectivity index (χ1n) is 26.2. The number of aliphatic imine (C=N–C) groups is 2. The topological polar surface area (TPSA) is 151 Å². The summed E-state index contributed by atoms with van der Waals surface area (Å²) < 4.78 is 13.7. The Morgan fingerprint density at radius 3 is 1.37 bits per heavy atom. The number of anilines is 1. The van der Waals surface area contributed by atoms with Gasteiger partial charge in [-0.2, -0.15) is 0 Å². The van der Waals surface area contributed by atoms with E-state index in [1.54, 1.807) is 48.5 Å². The molecule has 2 saturated carbocycles. The Balaban J connectivity index is 1.55. The summed E-state index contributed by atoms with van der Waals surface area (Å²) in [4.78, 5) is 72.2. The molecule has 4 unspecified atom stereocenters. The van der Waals surface area contributed by atoms with Gasteiger partial charge in [-0.3, -0.25) is 9.59 Å². The van der Waals surface area contributed by atoms with Gasteiger partial charge in [0.1, 0.15) is 40.8 Å². The second-order valence-electron chi connectivity index (χ2n) is 26.1. The lowest BCUT2D eigenvalue weighted by atomic mass is 9.59. The zero-order valence-corrected chi connectivity index (χ0v) is 46.2. The molecule has 2 aliphatic carbocycles. The molecule has 2 aromatic carbocycles. The fraction of sp³-hybridized carbons (Fsp3) is 0.600. The average Bonchev–Trinajstić information content (AvgIpc) is 3.81. The fourth-order valence-electron chi connectivity index (χ4n) is 11.6. The molecule has 386 valence electrons. The Labute approximate surface area is 425 Å². The molecule has 3 N–H and O–H groups in total. The van der Waals surface area contributed by atoms with Crippen molar-refractivity contribution in [2.75, 3.05) is 5.32 Å². The summed E-state index contributed by atoms with van der Waals surface area (Å²) in [5.74, 6) is -0.796. The molecule has 0 bridgehead atoms. The molecule has 71 heavy (non-hydrogen) atoms. The van der Waals surface area contributed by atoms with Gasteiger partial charge in [-0.1, -0.05) is 161 Å². The van der Waals surface area contributed by atoms with Gasteiger partial charge in [-0.15, -0.1) is 0 Å². The molecule has 2 amide bonds. The minimum absolute atomic E-state index is 0.0398. The third-order valence-corrected chi connectivity index (χ3v) is 15.5. The summed E-state index contributed by atoms with van der Waals surface area (Å²) in [6, 6.07) is 17.6. The predicted molar refractivity (Wildman–Crippen MR) is 287 cm³/mol. The third-order valence-electron chi connectivity index (χ3n) is 15.5. The molecular formula is C60H85N5O6. The molecule has 11 nitrogen and oxygen atoms in total. The number of aromatic nitrogens is 1. The highest BCUT2D eigenvalue weighted by Gasteiger charge is 2.51. The number of amides is 2. The minimum atomic E-state index is -0.576. The molecule has 2 heterocycles. The van der Waals surface area contributed by atoms with Crippen LogP contribution in [-0.4, -0.2) is 52.6 Å². The van der Waals surface area contributed by atoms with E-state index in [0.29, 0.717) is 34.1 Å². The van der Waals surface area contributed by atoms with Crippen molar-refractivity contribution < 1.29 is 28.7 Å². The van der Waals surface area contributed by atoms with E-state index in [1.165, 1.54) is 0 Å². The van der Waals surface area contributed by atoms with Gasteiger partial charge in [0, 0.05) is 45.9 Å². The monoisotopic (exact) mass is 972 g/mol. The minimum Gasteiger partial charge on any atom is -0.458 e. The van der Waals surface area contributed by atoms with Crippen LogP contribution in [0.3, 0.4) is 0 Å². The Morgan fingerprint density at radius 2 is 0.986 bits per heavy atom. The largest absolute Gasteiger partial charge is 0.458 e. The van der Waals surface area contributed by atoms with Crippen molar-refractivity contribution >= 4 is 47.1 Å². The molecule has 11 heteroatoms. The number of nitrogens with one attached hydrogen (secondary N) is 3. The SMILES string of the molecule is CC1CC(C(C)(C)C)C(OC(=O)C2=C(C(C)C)C(=Nc3[nH]c(NC(=O)c4ccccc4)c(C(=O)OC4C(C(C)(C)C)CC(C)CC4C(C)(C)C)c3C(C)C)N=C2NC(=O)c2ccccc2)C(C(C)(C)C)C1. The van der Waals surface area contributed by atoms with Crippen LogP contribution in [0, 0.1) is 63.1 Å². The van der Waals surface area contributed by atoms with Crippen LogP contribution < -0.4 is 10.6 Å². The Hall–Kier alpha value is -5.32. The standard InChI is InChI=1S/C60H85N5O6/c1-33(2)43-45(55(68)70-47-39(57(7,8)9)29-35(5)30-40(47)58(10,11)12)51(64-53(66)37-25-21-19-22-26-37)62-49(43)61-50-44(34(3)4)46(52(63-50)65-54(67)38-27-23-20-24-28-38)56(69)71-48-41(59(13,14)15)31-36(6)32-42(48)60(16,17)18/h19-28,33-36,39-42,47-48,62H,29-32H2,1-18H3,(H,64,66)(H,61,63,65,67). The molecule has 3 aliphatic rings. The average molecular weight is 972 g/mol. The number of hydrogen-bond acceptors (Lipinski definition) is 7. The van der Waals surface area contributed by atoms with Crippen LogP contribution in [0.5, 0.6) is 0 Å². The van der Waals surface area contributed by atoms with Gasteiger partial charge in [0.05, 0.1) is 0 Å². The van der Waals surface area contributed by atoms with E-state index in [0.717, 1.165) is 25.7 Å². The van der Waals surface area contributed by atoms with Crippen LogP contribution in [0.2, 0.25) is 0 Å². The number of carbonyl (C=O) groups excluding carboxylic acids is 4. The van der Waals surface area contributed by atoms with E-state index in [9.17, 15) is 9.59 Å². The van der Waals surface area contributed by atoms with E-state index < -0.39 is 36.0 Å². The molecule has 0 radical (unpaired) electrons. The zero-order chi connectivity index (χ0) is 52.7. The van der Waals surface area contributed by atoms with Crippen LogP contribution in [0.1, 0.15) is 193 Å². The van der Waals surface area contributed by atoms with Gasteiger partial charge >= 0.3 is 11.9 Å². The van der Waals surface area contributed by atoms with E-state index in [4.69, 9.17) is 19.5 Å². The van der Waals surface area contributed by atoms with Gasteiger partial charge in [0.2, 0.25) is 0 Å². The Kier molecular flexibility index (Phi) is 16.3. The van der Waals surface area contributed by atoms with Crippen molar-refractivity contribution in [3.63, 3.8) is 0 Å². The van der Waals surface area contributed by atoms with Gasteiger partial charge < -0.3 is 25.1 Å². The van der Waals surface area contributed by atoms with Crippen molar-refractivity contribution in [1.29, 1.82) is 0 Å². The first kappa shape index (κ1) is 55.0. The summed E-state index contributed by atoms with van der Waals surface area (Å²) in [6.07, 6.45) is 2.85. The van der Waals surface area contributed by atoms with Crippen LogP contribution in [-0.2, 0) is 14.3 Å². The highest BCUT2D eigenvalue weighted by atomic mass is 16.5. The zero-order valence-electron chi connectivity index (χ0n) is 46.2. The number of nitrogens with zero attached hydrogens (tertiary/aromatic N) is 2. The third kappa shape index (κ3) is 12.5. The first-order chi connectivity index (χ1) is 32.9. The van der Waals surface area contributed by atoms with Crippen LogP contribution in [0.25, 0.3) is 0 Å². The van der Waals surface area contributed by atoms with Crippen LogP contribution in [0.15, 0.2) is 81.8 Å². The maximum absolute atomic E-state index is 15.3.